The van der Waals surface area contributed by atoms with Crippen molar-refractivity contribution in [1.82, 2.24) is 9.97 Å². The highest BCUT2D eigenvalue weighted by molar-refractivity contribution is 8.00. The quantitative estimate of drug-likeness (QED) is 0.524. The predicted molar refractivity (Wildman–Crippen MR) is 53.3 cm³/mol. The Morgan fingerprint density at radius 2 is 1.85 bits per heavy atom. The summed E-state index contributed by atoms with van der Waals surface area (Å²) in [5.74, 6) is 0. The van der Waals surface area contributed by atoms with E-state index in [0.29, 0.717) is 5.03 Å². The number of H-pyrrole nitrogens is 2. The third-order valence-electron chi connectivity index (χ3n) is 1.15. The molecule has 13 heavy (non-hydrogen) atoms. The lowest BCUT2D eigenvalue weighted by Crippen LogP contribution is -2.22. The molecule has 0 saturated heterocycles. The van der Waals surface area contributed by atoms with Crippen LogP contribution in [-0.2, 0) is 0 Å². The Kier molecular flexibility index (Phi) is 2.66. The van der Waals surface area contributed by atoms with Crippen molar-refractivity contribution in [2.45, 2.75) is 30.5 Å². The molecular formula is C8H12N2O2S. The third-order valence-corrected chi connectivity index (χ3v) is 2.20. The molecule has 72 valence electrons. The fourth-order valence-electron chi connectivity index (χ4n) is 0.831. The molecule has 0 amide bonds. The fraction of sp³-hybridized carbons (Fsp3) is 0.500. The van der Waals surface area contributed by atoms with Gasteiger partial charge in [-0.15, -0.1) is 11.8 Å². The van der Waals surface area contributed by atoms with Gasteiger partial charge in [-0.25, -0.2) is 4.79 Å². The Morgan fingerprint density at radius 3 is 2.31 bits per heavy atom. The molecule has 2 N–H and O–H groups in total. The van der Waals surface area contributed by atoms with Gasteiger partial charge in [0.05, 0.1) is 5.03 Å². The summed E-state index contributed by atoms with van der Waals surface area (Å²) in [4.78, 5) is 26.5. The topological polar surface area (TPSA) is 65.7 Å². The number of hydrogen-bond donors (Lipinski definition) is 2. The van der Waals surface area contributed by atoms with E-state index in [9.17, 15) is 9.59 Å². The van der Waals surface area contributed by atoms with Gasteiger partial charge in [0.15, 0.2) is 0 Å². The Morgan fingerprint density at radius 1 is 1.23 bits per heavy atom. The van der Waals surface area contributed by atoms with Crippen molar-refractivity contribution in [2.75, 3.05) is 0 Å². The van der Waals surface area contributed by atoms with Gasteiger partial charge in [-0.1, -0.05) is 20.8 Å². The first-order chi connectivity index (χ1) is 5.87. The number of aromatic amines is 2. The predicted octanol–water partition coefficient (Wildman–Crippen LogP) is 0.954. The van der Waals surface area contributed by atoms with E-state index in [4.69, 9.17) is 0 Å². The van der Waals surface area contributed by atoms with Gasteiger partial charge >= 0.3 is 5.69 Å². The van der Waals surface area contributed by atoms with E-state index >= 15 is 0 Å². The van der Waals surface area contributed by atoms with Crippen LogP contribution in [0.25, 0.3) is 0 Å². The first-order valence-electron chi connectivity index (χ1n) is 3.89. The molecule has 0 aliphatic rings. The molecule has 1 aromatic rings. The summed E-state index contributed by atoms with van der Waals surface area (Å²) in [6.45, 7) is 6.03. The summed E-state index contributed by atoms with van der Waals surface area (Å²) in [7, 11) is 0. The lowest BCUT2D eigenvalue weighted by atomic mass is 10.3. The first kappa shape index (κ1) is 10.1. The van der Waals surface area contributed by atoms with Crippen molar-refractivity contribution in [3.63, 3.8) is 0 Å². The maximum atomic E-state index is 10.9. The number of nitrogens with one attached hydrogen (secondary N) is 2. The minimum Gasteiger partial charge on any atom is -0.302 e. The summed E-state index contributed by atoms with van der Waals surface area (Å²) in [5, 5.41) is 0.598. The van der Waals surface area contributed by atoms with Gasteiger partial charge in [-0.05, 0) is 0 Å². The summed E-state index contributed by atoms with van der Waals surface area (Å²) in [6.07, 6.45) is 0. The van der Waals surface area contributed by atoms with Crippen LogP contribution in [0.5, 0.6) is 0 Å². The van der Waals surface area contributed by atoms with Gasteiger partial charge in [-0.3, -0.25) is 9.78 Å². The minimum atomic E-state index is -0.459. The van der Waals surface area contributed by atoms with E-state index in [2.05, 4.69) is 9.97 Å². The molecule has 0 atom stereocenters. The zero-order valence-corrected chi connectivity index (χ0v) is 8.62. The van der Waals surface area contributed by atoms with Crippen molar-refractivity contribution in [2.24, 2.45) is 0 Å². The molecule has 0 aliphatic heterocycles. The summed E-state index contributed by atoms with van der Waals surface area (Å²) in [5.41, 5.74) is -0.824. The molecule has 0 aliphatic carbocycles. The molecule has 0 radical (unpaired) electrons. The Labute approximate surface area is 79.8 Å². The molecule has 1 rings (SSSR count). The van der Waals surface area contributed by atoms with Gasteiger partial charge in [0.2, 0.25) is 0 Å². The van der Waals surface area contributed by atoms with Gasteiger partial charge in [0, 0.05) is 10.8 Å². The number of aromatic nitrogens is 2. The van der Waals surface area contributed by atoms with Gasteiger partial charge in [0.1, 0.15) is 0 Å². The summed E-state index contributed by atoms with van der Waals surface area (Å²) >= 11 is 1.45. The third kappa shape index (κ3) is 3.50. The van der Waals surface area contributed by atoms with E-state index in [1.54, 1.807) is 0 Å². The highest BCUT2D eigenvalue weighted by Gasteiger charge is 2.12. The van der Waals surface area contributed by atoms with Crippen molar-refractivity contribution >= 4 is 11.8 Å². The first-order valence-corrected chi connectivity index (χ1v) is 4.71. The fourth-order valence-corrected chi connectivity index (χ4v) is 1.80. The van der Waals surface area contributed by atoms with Crippen LogP contribution in [0.4, 0.5) is 0 Å². The molecule has 0 fully saturated rings. The largest absolute Gasteiger partial charge is 0.326 e. The second-order valence-corrected chi connectivity index (χ2v) is 5.54. The Hall–Kier alpha value is -0.970. The van der Waals surface area contributed by atoms with Gasteiger partial charge in [0.25, 0.3) is 5.56 Å². The molecule has 0 bridgehead atoms. The Bertz CT molecular complexity index is 371. The van der Waals surface area contributed by atoms with Crippen LogP contribution in [0.3, 0.4) is 0 Å². The van der Waals surface area contributed by atoms with Crippen LogP contribution >= 0.6 is 11.8 Å². The van der Waals surface area contributed by atoms with Crippen LogP contribution in [-0.4, -0.2) is 14.7 Å². The van der Waals surface area contributed by atoms with Crippen molar-refractivity contribution < 1.29 is 0 Å². The van der Waals surface area contributed by atoms with E-state index in [0.717, 1.165) is 0 Å². The lowest BCUT2D eigenvalue weighted by Gasteiger charge is -2.16. The molecule has 0 aromatic carbocycles. The lowest BCUT2D eigenvalue weighted by molar-refractivity contribution is 0.796. The number of thioether (sulfide) groups is 1. The SMILES string of the molecule is CC(C)(C)Sc1cc(=O)[nH]c(=O)[nH]1. The average Bonchev–Trinajstić information content (AvgIpc) is 1.78. The minimum absolute atomic E-state index is 0.0171. The number of hydrogen-bond acceptors (Lipinski definition) is 3. The highest BCUT2D eigenvalue weighted by atomic mass is 32.2. The molecule has 0 spiro atoms. The van der Waals surface area contributed by atoms with Gasteiger partial charge in [-0.2, -0.15) is 0 Å². The second kappa shape index (κ2) is 3.41. The van der Waals surface area contributed by atoms with Crippen molar-refractivity contribution in [1.29, 1.82) is 0 Å². The van der Waals surface area contributed by atoms with E-state index in [1.807, 2.05) is 20.8 Å². The monoisotopic (exact) mass is 200 g/mol. The molecule has 1 aromatic heterocycles. The number of rotatable bonds is 1. The van der Waals surface area contributed by atoms with E-state index < -0.39 is 5.69 Å². The maximum absolute atomic E-state index is 10.9. The molecule has 0 saturated carbocycles. The zero-order valence-electron chi connectivity index (χ0n) is 7.80. The normalized spacial score (nSPS) is 11.6. The Balaban J connectivity index is 3.03. The highest BCUT2D eigenvalue weighted by Crippen LogP contribution is 2.28. The van der Waals surface area contributed by atoms with Crippen LogP contribution in [0.1, 0.15) is 20.8 Å². The van der Waals surface area contributed by atoms with E-state index in [-0.39, 0.29) is 10.3 Å². The molecule has 0 unspecified atom stereocenters. The molecule has 5 heteroatoms. The average molecular weight is 200 g/mol. The summed E-state index contributed by atoms with van der Waals surface area (Å²) in [6, 6.07) is 1.39. The molecular weight excluding hydrogens is 188 g/mol. The zero-order chi connectivity index (χ0) is 10.1. The van der Waals surface area contributed by atoms with Gasteiger partial charge < -0.3 is 4.98 Å². The van der Waals surface area contributed by atoms with Crippen LogP contribution in [0.2, 0.25) is 0 Å². The maximum Gasteiger partial charge on any atom is 0.326 e. The molecule has 4 nitrogen and oxygen atoms in total. The standard InChI is InChI=1S/C8H12N2O2S/c1-8(2,3)13-6-4-5(11)9-7(12)10-6/h4H,1-3H3,(H2,9,10,11,12). The van der Waals surface area contributed by atoms with Crippen LogP contribution in [0.15, 0.2) is 20.7 Å². The second-order valence-electron chi connectivity index (χ2n) is 3.67. The summed E-state index contributed by atoms with van der Waals surface area (Å²) < 4.78 is -0.0171. The van der Waals surface area contributed by atoms with Crippen molar-refractivity contribution in [3.05, 3.63) is 26.9 Å². The van der Waals surface area contributed by atoms with Crippen LogP contribution < -0.4 is 11.2 Å². The molecule has 1 heterocycles. The van der Waals surface area contributed by atoms with Crippen molar-refractivity contribution in [3.8, 4) is 0 Å². The smallest absolute Gasteiger partial charge is 0.302 e. The van der Waals surface area contributed by atoms with Crippen LogP contribution in [0, 0.1) is 0 Å². The van der Waals surface area contributed by atoms with E-state index in [1.165, 1.54) is 17.8 Å².